The van der Waals surface area contributed by atoms with Crippen LogP contribution in [0.2, 0.25) is 0 Å². The molecule has 5 aliphatic rings. The third-order valence-corrected chi connectivity index (χ3v) is 15.3. The second-order valence-corrected chi connectivity index (χ2v) is 19.8. The van der Waals surface area contributed by atoms with Crippen molar-refractivity contribution in [2.24, 2.45) is 4.99 Å². The van der Waals surface area contributed by atoms with E-state index in [0.29, 0.717) is 43.8 Å². The number of halogens is 2. The van der Waals surface area contributed by atoms with E-state index in [1.54, 1.807) is 6.20 Å². The Morgan fingerprint density at radius 3 is 2.45 bits per heavy atom. The summed E-state index contributed by atoms with van der Waals surface area (Å²) in [4.78, 5) is 18.7. The van der Waals surface area contributed by atoms with E-state index in [1.807, 2.05) is 24.3 Å². The number of benzene rings is 3. The fraction of sp³-hybridized carbons (Fsp3) is 0.372. The first-order valence-corrected chi connectivity index (χ1v) is 22.8. The number of aliphatic imine (C=N–C) groups is 1. The number of morpholine rings is 1. The van der Waals surface area contributed by atoms with Crippen LogP contribution in [0.1, 0.15) is 42.4 Å². The van der Waals surface area contributed by atoms with Crippen molar-refractivity contribution < 1.29 is 17.5 Å². The summed E-state index contributed by atoms with van der Waals surface area (Å²) in [5.74, 6) is 2.56. The molecule has 0 unspecified atom stereocenters. The van der Waals surface area contributed by atoms with E-state index in [1.165, 1.54) is 47.6 Å². The maximum atomic E-state index is 14.5. The molecule has 12 heteroatoms. The van der Waals surface area contributed by atoms with Gasteiger partial charge in [0.15, 0.2) is 0 Å². The number of nitrogens with zero attached hydrogens (tertiary/aromatic N) is 5. The Morgan fingerprint density at radius 2 is 1.69 bits per heavy atom. The largest absolute Gasteiger partial charge is 0.378 e. The zero-order chi connectivity index (χ0) is 37.8. The Morgan fingerprint density at radius 1 is 0.909 bits per heavy atom. The van der Waals surface area contributed by atoms with Crippen LogP contribution in [0.5, 0.6) is 0 Å². The molecule has 3 saturated heterocycles. The lowest BCUT2D eigenvalue weighted by Crippen LogP contribution is -2.40. The molecule has 2 spiro atoms. The van der Waals surface area contributed by atoms with Gasteiger partial charge in [-0.3, -0.25) is 9.98 Å². The summed E-state index contributed by atoms with van der Waals surface area (Å²) in [5, 5.41) is 0.863. The van der Waals surface area contributed by atoms with Gasteiger partial charge in [-0.1, -0.05) is 34.1 Å². The van der Waals surface area contributed by atoms with Crippen molar-refractivity contribution in [1.29, 1.82) is 0 Å². The van der Waals surface area contributed by atoms with Crippen LogP contribution in [-0.4, -0.2) is 80.5 Å². The molecule has 0 bridgehead atoms. The quantitative estimate of drug-likeness (QED) is 0.178. The lowest BCUT2D eigenvalue weighted by Gasteiger charge is -2.35. The van der Waals surface area contributed by atoms with E-state index in [-0.39, 0.29) is 28.2 Å². The number of fused-ring (bicyclic) bond motifs is 5. The Labute approximate surface area is 334 Å². The van der Waals surface area contributed by atoms with Gasteiger partial charge in [0.2, 0.25) is 0 Å². The number of aromatic nitrogens is 2. The second kappa shape index (κ2) is 14.6. The average Bonchev–Trinajstić information content (AvgIpc) is 3.71. The molecule has 3 fully saturated rings. The highest BCUT2D eigenvalue weighted by Gasteiger charge is 2.47. The van der Waals surface area contributed by atoms with Gasteiger partial charge in [0, 0.05) is 75.7 Å². The van der Waals surface area contributed by atoms with Gasteiger partial charge in [0.1, 0.15) is 15.7 Å². The number of anilines is 3. The van der Waals surface area contributed by atoms with Crippen molar-refractivity contribution in [1.82, 2.24) is 9.97 Å². The third kappa shape index (κ3) is 6.87. The molecule has 3 aromatic carbocycles. The standard InChI is InChI=1S/C31H31FN4O3S.C12H12BrNS/c1-21-29(26-4-2-3-11-33-26)34-27-18-22(32)5-7-24(27)30(21)36-20-31(9-16-40(37,38)17-10-31)25-8-6-23(19-28(25)36)35-12-14-39-15-13-35;13-9-1-2-10-11(7-9)14-8-12(10)3-5-15-6-4-12/h2-8,11,18-19H,9-10,12-17,20H2,1H3;1-2,7-8H,3-6H2. The van der Waals surface area contributed by atoms with Gasteiger partial charge >= 0.3 is 0 Å². The van der Waals surface area contributed by atoms with Crippen molar-refractivity contribution in [2.45, 2.75) is 43.4 Å². The van der Waals surface area contributed by atoms with E-state index in [0.717, 1.165) is 57.0 Å². The van der Waals surface area contributed by atoms with Gasteiger partial charge in [0.25, 0.3) is 0 Å². The monoisotopic (exact) mass is 839 g/mol. The van der Waals surface area contributed by atoms with Crippen LogP contribution >= 0.6 is 27.7 Å². The van der Waals surface area contributed by atoms with Crippen molar-refractivity contribution in [3.63, 3.8) is 0 Å². The van der Waals surface area contributed by atoms with Crippen molar-refractivity contribution in [3.05, 3.63) is 106 Å². The minimum absolute atomic E-state index is 0.186. The summed E-state index contributed by atoms with van der Waals surface area (Å²) < 4.78 is 46.2. The number of pyridine rings is 2. The van der Waals surface area contributed by atoms with Gasteiger partial charge in [-0.25, -0.2) is 17.8 Å². The molecular weight excluding hydrogens is 798 g/mol. The number of hydrogen-bond acceptors (Lipinski definition) is 9. The second-order valence-electron chi connectivity index (χ2n) is 15.3. The van der Waals surface area contributed by atoms with Crippen LogP contribution in [0.15, 0.2) is 88.5 Å². The molecule has 284 valence electrons. The number of ether oxygens (including phenoxy) is 1. The first-order chi connectivity index (χ1) is 26.6. The molecule has 0 aliphatic carbocycles. The third-order valence-electron chi connectivity index (χ3n) is 12.1. The summed E-state index contributed by atoms with van der Waals surface area (Å²) in [5.41, 5.74) is 9.91. The molecule has 0 saturated carbocycles. The Balaban J connectivity index is 0.000000220. The van der Waals surface area contributed by atoms with Gasteiger partial charge in [-0.15, -0.1) is 0 Å². The van der Waals surface area contributed by atoms with Crippen molar-refractivity contribution >= 4 is 77.4 Å². The number of hydrogen-bond donors (Lipinski definition) is 0. The highest BCUT2D eigenvalue weighted by molar-refractivity contribution is 9.10. The van der Waals surface area contributed by atoms with Gasteiger partial charge in [0.05, 0.1) is 53.0 Å². The molecule has 55 heavy (non-hydrogen) atoms. The number of thioether (sulfide) groups is 1. The molecule has 8 nitrogen and oxygen atoms in total. The normalized spacial score (nSPS) is 20.3. The Bertz CT molecular complexity index is 2400. The van der Waals surface area contributed by atoms with Crippen LogP contribution in [0.25, 0.3) is 22.3 Å². The van der Waals surface area contributed by atoms with Gasteiger partial charge in [-0.05, 0) is 104 Å². The molecule has 5 aromatic rings. The molecule has 5 aliphatic heterocycles. The van der Waals surface area contributed by atoms with Gasteiger partial charge in [-0.2, -0.15) is 11.8 Å². The molecule has 7 heterocycles. The summed E-state index contributed by atoms with van der Waals surface area (Å²) in [7, 11) is -3.05. The molecule has 0 N–H and O–H groups in total. The topological polar surface area (TPSA) is 88.0 Å². The maximum Gasteiger partial charge on any atom is 0.150 e. The van der Waals surface area contributed by atoms with E-state index < -0.39 is 9.84 Å². The molecule has 10 rings (SSSR count). The van der Waals surface area contributed by atoms with E-state index >= 15 is 0 Å². The van der Waals surface area contributed by atoms with E-state index in [4.69, 9.17) is 9.72 Å². The molecule has 0 atom stereocenters. The summed E-state index contributed by atoms with van der Waals surface area (Å²) in [6.07, 6.45) is 7.58. The van der Waals surface area contributed by atoms with Gasteiger partial charge < -0.3 is 14.5 Å². The molecule has 0 radical (unpaired) electrons. The maximum absolute atomic E-state index is 14.5. The van der Waals surface area contributed by atoms with Crippen LogP contribution < -0.4 is 9.80 Å². The number of sulfone groups is 1. The summed E-state index contributed by atoms with van der Waals surface area (Å²) >= 11 is 5.56. The fourth-order valence-corrected chi connectivity index (χ4v) is 12.3. The highest BCUT2D eigenvalue weighted by atomic mass is 79.9. The number of rotatable bonds is 3. The van der Waals surface area contributed by atoms with Crippen molar-refractivity contribution in [2.75, 3.05) is 65.7 Å². The van der Waals surface area contributed by atoms with E-state index in [2.05, 4.69) is 97.0 Å². The summed E-state index contributed by atoms with van der Waals surface area (Å²) in [6.45, 7) is 5.73. The zero-order valence-corrected chi connectivity index (χ0v) is 34.0. The predicted molar refractivity (Wildman–Crippen MR) is 226 cm³/mol. The predicted octanol–water partition coefficient (Wildman–Crippen LogP) is 9.11. The smallest absolute Gasteiger partial charge is 0.150 e. The molecule has 2 aromatic heterocycles. The lowest BCUT2D eigenvalue weighted by atomic mass is 9.77. The Hall–Kier alpha value is -3.84. The highest BCUT2D eigenvalue weighted by Crippen LogP contribution is 2.53. The minimum Gasteiger partial charge on any atom is -0.378 e. The average molecular weight is 841 g/mol. The lowest BCUT2D eigenvalue weighted by molar-refractivity contribution is 0.122. The fourth-order valence-electron chi connectivity index (χ4n) is 9.08. The first-order valence-electron chi connectivity index (χ1n) is 19.0. The van der Waals surface area contributed by atoms with Crippen molar-refractivity contribution in [3.8, 4) is 11.4 Å². The zero-order valence-electron chi connectivity index (χ0n) is 30.8. The first kappa shape index (κ1) is 36.8. The van der Waals surface area contributed by atoms with Crippen LogP contribution in [0.3, 0.4) is 0 Å². The Kier molecular flexibility index (Phi) is 9.75. The molecular formula is C43H43BrFN5O3S2. The SMILES string of the molecule is Brc1ccc2c(c1)N=CC21CCSCC1.Cc1c(-c2ccccn2)nc2cc(F)ccc2c1N1CC2(CCS(=O)(=O)CC2)c2ccc(N3CCOCC3)cc21. The van der Waals surface area contributed by atoms with Crippen LogP contribution in [-0.2, 0) is 25.4 Å². The van der Waals surface area contributed by atoms with E-state index in [9.17, 15) is 12.8 Å². The molecule has 0 amide bonds. The minimum atomic E-state index is -3.05. The summed E-state index contributed by atoms with van der Waals surface area (Å²) in [6, 6.07) is 23.6. The van der Waals surface area contributed by atoms with Crippen LogP contribution in [0.4, 0.5) is 27.1 Å². The van der Waals surface area contributed by atoms with Crippen LogP contribution in [0, 0.1) is 12.7 Å².